The van der Waals surface area contributed by atoms with Gasteiger partial charge < -0.3 is 10.1 Å². The van der Waals surface area contributed by atoms with Crippen molar-refractivity contribution < 1.29 is 9.53 Å². The summed E-state index contributed by atoms with van der Waals surface area (Å²) in [5, 5.41) is 3.45. The molecule has 0 aliphatic heterocycles. The van der Waals surface area contributed by atoms with Gasteiger partial charge in [0, 0.05) is 16.6 Å². The van der Waals surface area contributed by atoms with Gasteiger partial charge in [0.1, 0.15) is 0 Å². The standard InChI is InChI=1S/C14H17ClINO2/c1-2-19-11-5-9(6-11)7-14(18)17-13-4-3-10(16)8-12(13)15/h3-4,8-9,11H,2,5-7H2,1H3,(H,17,18). The summed E-state index contributed by atoms with van der Waals surface area (Å²) >= 11 is 8.27. The van der Waals surface area contributed by atoms with Crippen molar-refractivity contribution in [2.75, 3.05) is 11.9 Å². The van der Waals surface area contributed by atoms with Crippen LogP contribution in [0.3, 0.4) is 0 Å². The highest BCUT2D eigenvalue weighted by atomic mass is 127. The molecule has 19 heavy (non-hydrogen) atoms. The van der Waals surface area contributed by atoms with Crippen LogP contribution in [0.4, 0.5) is 5.69 Å². The number of carbonyl (C=O) groups excluding carboxylic acids is 1. The van der Waals surface area contributed by atoms with Gasteiger partial charge in [-0.15, -0.1) is 0 Å². The number of hydrogen-bond acceptors (Lipinski definition) is 2. The maximum Gasteiger partial charge on any atom is 0.224 e. The summed E-state index contributed by atoms with van der Waals surface area (Å²) in [7, 11) is 0. The number of anilines is 1. The van der Waals surface area contributed by atoms with Gasteiger partial charge in [-0.1, -0.05) is 11.6 Å². The molecule has 1 N–H and O–H groups in total. The van der Waals surface area contributed by atoms with Gasteiger partial charge in [-0.25, -0.2) is 0 Å². The molecule has 1 aliphatic rings. The number of benzene rings is 1. The van der Waals surface area contributed by atoms with Gasteiger partial charge in [0.2, 0.25) is 5.91 Å². The van der Waals surface area contributed by atoms with E-state index in [1.165, 1.54) is 0 Å². The number of nitrogens with one attached hydrogen (secondary N) is 1. The zero-order chi connectivity index (χ0) is 13.8. The molecule has 0 bridgehead atoms. The molecule has 0 spiro atoms. The van der Waals surface area contributed by atoms with E-state index >= 15 is 0 Å². The number of amides is 1. The second-order valence-corrected chi connectivity index (χ2v) is 6.44. The highest BCUT2D eigenvalue weighted by molar-refractivity contribution is 14.1. The number of halogens is 2. The van der Waals surface area contributed by atoms with Crippen LogP contribution in [0.5, 0.6) is 0 Å². The first-order valence-corrected chi connectivity index (χ1v) is 7.90. The fourth-order valence-electron chi connectivity index (χ4n) is 2.27. The molecule has 5 heteroatoms. The maximum absolute atomic E-state index is 11.9. The van der Waals surface area contributed by atoms with Crippen LogP contribution in [0.2, 0.25) is 5.02 Å². The molecule has 0 radical (unpaired) electrons. The van der Waals surface area contributed by atoms with Crippen molar-refractivity contribution in [3.05, 3.63) is 26.8 Å². The monoisotopic (exact) mass is 393 g/mol. The summed E-state index contributed by atoms with van der Waals surface area (Å²) in [6, 6.07) is 5.61. The first-order valence-electron chi connectivity index (χ1n) is 6.45. The van der Waals surface area contributed by atoms with Gasteiger partial charge in [0.25, 0.3) is 0 Å². The predicted molar refractivity (Wildman–Crippen MR) is 85.6 cm³/mol. The summed E-state index contributed by atoms with van der Waals surface area (Å²) < 4.78 is 6.54. The molecule has 1 aliphatic carbocycles. The molecule has 0 heterocycles. The molecule has 1 aromatic carbocycles. The van der Waals surface area contributed by atoms with E-state index < -0.39 is 0 Å². The number of rotatable bonds is 5. The third kappa shape index (κ3) is 4.33. The van der Waals surface area contributed by atoms with Gasteiger partial charge in [0.15, 0.2) is 0 Å². The van der Waals surface area contributed by atoms with E-state index in [4.69, 9.17) is 16.3 Å². The summed E-state index contributed by atoms with van der Waals surface area (Å²) in [6.45, 7) is 2.75. The van der Waals surface area contributed by atoms with E-state index in [1.54, 1.807) is 0 Å². The third-order valence-corrected chi connectivity index (χ3v) is 4.26. The molecule has 0 unspecified atom stereocenters. The van der Waals surface area contributed by atoms with E-state index in [-0.39, 0.29) is 5.91 Å². The molecular weight excluding hydrogens is 377 g/mol. The Bertz CT molecular complexity index is 461. The zero-order valence-electron chi connectivity index (χ0n) is 10.8. The minimum atomic E-state index is 0.0306. The quantitative estimate of drug-likeness (QED) is 0.765. The minimum absolute atomic E-state index is 0.0306. The lowest BCUT2D eigenvalue weighted by Gasteiger charge is -2.34. The van der Waals surface area contributed by atoms with Crippen molar-refractivity contribution in [3.8, 4) is 0 Å². The van der Waals surface area contributed by atoms with Crippen molar-refractivity contribution in [2.24, 2.45) is 5.92 Å². The van der Waals surface area contributed by atoms with Gasteiger partial charge in [-0.3, -0.25) is 4.79 Å². The van der Waals surface area contributed by atoms with Crippen LogP contribution < -0.4 is 5.32 Å². The van der Waals surface area contributed by atoms with Crippen molar-refractivity contribution in [1.29, 1.82) is 0 Å². The molecule has 1 fully saturated rings. The van der Waals surface area contributed by atoms with Gasteiger partial charge in [-0.2, -0.15) is 0 Å². The van der Waals surface area contributed by atoms with Crippen LogP contribution in [0.15, 0.2) is 18.2 Å². The van der Waals surface area contributed by atoms with Crippen LogP contribution >= 0.6 is 34.2 Å². The van der Waals surface area contributed by atoms with Gasteiger partial charge >= 0.3 is 0 Å². The topological polar surface area (TPSA) is 38.3 Å². The molecule has 0 saturated heterocycles. The second-order valence-electron chi connectivity index (χ2n) is 4.79. The molecule has 0 aromatic heterocycles. The average molecular weight is 394 g/mol. The van der Waals surface area contributed by atoms with Crippen LogP contribution in [-0.2, 0) is 9.53 Å². The molecule has 104 valence electrons. The van der Waals surface area contributed by atoms with Crippen LogP contribution in [0, 0.1) is 9.49 Å². The number of hydrogen-bond donors (Lipinski definition) is 1. The Morgan fingerprint density at radius 2 is 2.26 bits per heavy atom. The second kappa shape index (κ2) is 6.90. The highest BCUT2D eigenvalue weighted by Crippen LogP contribution is 2.33. The molecule has 1 amide bonds. The number of carbonyl (C=O) groups is 1. The summed E-state index contributed by atoms with van der Waals surface area (Å²) in [6.07, 6.45) is 2.87. The lowest BCUT2D eigenvalue weighted by atomic mass is 9.80. The van der Waals surface area contributed by atoms with Crippen molar-refractivity contribution >= 4 is 45.8 Å². The first kappa shape index (κ1) is 15.1. The fraction of sp³-hybridized carbons (Fsp3) is 0.500. The van der Waals surface area contributed by atoms with Crippen LogP contribution in [0.1, 0.15) is 26.2 Å². The Morgan fingerprint density at radius 1 is 1.53 bits per heavy atom. The van der Waals surface area contributed by atoms with Crippen LogP contribution in [0.25, 0.3) is 0 Å². The van der Waals surface area contributed by atoms with E-state index in [2.05, 4.69) is 27.9 Å². The Kier molecular flexibility index (Phi) is 5.47. The van der Waals surface area contributed by atoms with Crippen molar-refractivity contribution in [2.45, 2.75) is 32.3 Å². The zero-order valence-corrected chi connectivity index (χ0v) is 13.7. The fourth-order valence-corrected chi connectivity index (χ4v) is 3.17. The van der Waals surface area contributed by atoms with Crippen LogP contribution in [-0.4, -0.2) is 18.6 Å². The normalized spacial score (nSPS) is 21.8. The lowest BCUT2D eigenvalue weighted by molar-refractivity contribution is -0.119. The number of ether oxygens (including phenoxy) is 1. The smallest absolute Gasteiger partial charge is 0.224 e. The molecule has 2 rings (SSSR count). The molecule has 1 saturated carbocycles. The Balaban J connectivity index is 1.79. The summed E-state index contributed by atoms with van der Waals surface area (Å²) in [4.78, 5) is 11.9. The highest BCUT2D eigenvalue weighted by Gasteiger charge is 2.31. The summed E-state index contributed by atoms with van der Waals surface area (Å²) in [5.41, 5.74) is 0.688. The van der Waals surface area contributed by atoms with Crippen molar-refractivity contribution in [3.63, 3.8) is 0 Å². The Hall–Kier alpha value is -0.330. The minimum Gasteiger partial charge on any atom is -0.378 e. The molecule has 0 atom stereocenters. The summed E-state index contributed by atoms with van der Waals surface area (Å²) in [5.74, 6) is 0.474. The average Bonchev–Trinajstić information content (AvgIpc) is 2.30. The first-order chi connectivity index (χ1) is 9.08. The van der Waals surface area contributed by atoms with Gasteiger partial charge in [0.05, 0.1) is 16.8 Å². The molecule has 1 aromatic rings. The SMILES string of the molecule is CCOC1CC(CC(=O)Nc2ccc(I)cc2Cl)C1. The largest absolute Gasteiger partial charge is 0.378 e. The molecular formula is C14H17ClINO2. The third-order valence-electron chi connectivity index (χ3n) is 3.27. The van der Waals surface area contributed by atoms with E-state index in [1.807, 2.05) is 25.1 Å². The van der Waals surface area contributed by atoms with Gasteiger partial charge in [-0.05, 0) is 66.5 Å². The van der Waals surface area contributed by atoms with E-state index in [0.29, 0.717) is 29.2 Å². The molecule has 3 nitrogen and oxygen atoms in total. The van der Waals surface area contributed by atoms with E-state index in [9.17, 15) is 4.79 Å². The Labute approximate surface area is 132 Å². The lowest BCUT2D eigenvalue weighted by Crippen LogP contribution is -2.33. The Morgan fingerprint density at radius 3 is 2.89 bits per heavy atom. The predicted octanol–water partition coefficient (Wildman–Crippen LogP) is 4.09. The maximum atomic E-state index is 11.9. The van der Waals surface area contributed by atoms with E-state index in [0.717, 1.165) is 23.0 Å². The van der Waals surface area contributed by atoms with Crippen molar-refractivity contribution in [1.82, 2.24) is 0 Å².